The van der Waals surface area contributed by atoms with Gasteiger partial charge in [0, 0.05) is 74.2 Å². The molecule has 510 valence electrons. The fourth-order valence-electron chi connectivity index (χ4n) is 11.7. The Kier molecular flexibility index (Phi) is 25.0. The second-order valence-electron chi connectivity index (χ2n) is 24.3. The van der Waals surface area contributed by atoms with Gasteiger partial charge in [-0.15, -0.1) is 0 Å². The van der Waals surface area contributed by atoms with Gasteiger partial charge in [0.15, 0.2) is 5.96 Å². The van der Waals surface area contributed by atoms with Crippen LogP contribution in [0.5, 0.6) is 5.75 Å². The van der Waals surface area contributed by atoms with Gasteiger partial charge in [-0.1, -0.05) is 86.6 Å². The van der Waals surface area contributed by atoms with Gasteiger partial charge in [0.25, 0.3) is 0 Å². The number of aliphatic hydroxyl groups excluding tert-OH is 1. The number of phenolic OH excluding ortho intramolecular Hbond substituents is 1. The number of H-pyrrole nitrogens is 2. The van der Waals surface area contributed by atoms with Crippen molar-refractivity contribution >= 4 is 92.6 Å². The molecule has 0 aliphatic carbocycles. The van der Waals surface area contributed by atoms with Crippen LogP contribution in [0.15, 0.2) is 115 Å². The molecule has 96 heavy (non-hydrogen) atoms. The van der Waals surface area contributed by atoms with Gasteiger partial charge in [0.1, 0.15) is 60.1 Å². The first kappa shape index (κ1) is 70.9. The van der Waals surface area contributed by atoms with Crippen molar-refractivity contribution in [3.05, 3.63) is 132 Å². The number of aliphatic imine (C=N–C) groups is 1. The average molecular weight is 1320 g/mol. The van der Waals surface area contributed by atoms with E-state index in [9.17, 15) is 53.4 Å². The molecule has 30 heteroatoms. The number of benzene rings is 4. The van der Waals surface area contributed by atoms with E-state index in [1.807, 2.05) is 24.3 Å². The maximum absolute atomic E-state index is 15.2. The summed E-state index contributed by atoms with van der Waals surface area (Å²) in [5.74, 6) is -9.02. The van der Waals surface area contributed by atoms with Crippen molar-refractivity contribution < 1.29 is 63.0 Å². The number of rotatable bonds is 33. The number of carbonyl (C=O) groups excluding carboxylic acids is 11. The summed E-state index contributed by atoms with van der Waals surface area (Å²) in [6.07, 6.45) is 4.88. The quantitative estimate of drug-likeness (QED) is 0.0125. The lowest BCUT2D eigenvalue weighted by Crippen LogP contribution is -2.61. The number of nitrogens with zero attached hydrogens (tertiary/aromatic N) is 3. The lowest BCUT2D eigenvalue weighted by atomic mass is 9.96. The normalized spacial score (nSPS) is 16.5. The molecule has 11 amide bonds. The molecule has 19 N–H and O–H groups in total. The van der Waals surface area contributed by atoms with Crippen molar-refractivity contribution in [3.63, 3.8) is 0 Å². The van der Waals surface area contributed by atoms with Crippen LogP contribution in [0.3, 0.4) is 0 Å². The van der Waals surface area contributed by atoms with E-state index in [0.29, 0.717) is 39.7 Å². The number of phenols is 1. The third kappa shape index (κ3) is 19.8. The van der Waals surface area contributed by atoms with Crippen LogP contribution in [-0.4, -0.2) is 182 Å². The Hall–Kier alpha value is -10.9. The Morgan fingerprint density at radius 3 is 1.88 bits per heavy atom. The molecule has 9 atom stereocenters. The minimum atomic E-state index is -1.80. The number of imidazole rings is 1. The van der Waals surface area contributed by atoms with E-state index in [1.165, 1.54) is 41.7 Å². The molecule has 30 nitrogen and oxygen atoms in total. The first-order valence-electron chi connectivity index (χ1n) is 31.7. The maximum Gasteiger partial charge on any atom is 0.245 e. The molecule has 2 fully saturated rings. The lowest BCUT2D eigenvalue weighted by Gasteiger charge is -2.30. The minimum Gasteiger partial charge on any atom is -0.508 e. The first-order valence-corrected chi connectivity index (χ1v) is 31.7. The fraction of sp³-hybridized carbons (Fsp3) is 0.409. The minimum absolute atomic E-state index is 0.00853. The van der Waals surface area contributed by atoms with Crippen molar-refractivity contribution in [3.8, 4) is 5.75 Å². The Bertz CT molecular complexity index is 3790. The number of aromatic nitrogens is 3. The highest BCUT2D eigenvalue weighted by molar-refractivity contribution is 6.00. The summed E-state index contributed by atoms with van der Waals surface area (Å²) in [6.45, 7) is 2.34. The van der Waals surface area contributed by atoms with Gasteiger partial charge >= 0.3 is 0 Å². The predicted molar refractivity (Wildman–Crippen MR) is 352 cm³/mol. The van der Waals surface area contributed by atoms with Crippen LogP contribution < -0.4 is 65.1 Å². The smallest absolute Gasteiger partial charge is 0.245 e. The molecular weight excluding hydrogens is 1240 g/mol. The van der Waals surface area contributed by atoms with Gasteiger partial charge in [0.05, 0.1) is 19.5 Å². The van der Waals surface area contributed by atoms with E-state index in [-0.39, 0.29) is 101 Å². The molecule has 0 spiro atoms. The zero-order chi connectivity index (χ0) is 69.0. The molecule has 2 saturated heterocycles. The number of aliphatic hydroxyl groups is 1. The SMILES string of the molecule is CC(C)C[C@H](NC(=O)[C@@H](Cc1cccc2ccccc12)NC(=O)[C@H](Cc1ccc(O)cc1)NC(=O)[C@H](CO)NC(=O)[C@H](Cc1c[nH]c2ccccc12)NC(=O)[C@H](Cc1cnc[nH]1)NC(=O)[C@@H]1CCC(=O)N1)C(=O)N[C@@H](CCCN=C(N)N)C(=O)N1CCC[C@H]1C(=O)NCC(N)=O. The van der Waals surface area contributed by atoms with E-state index >= 15 is 9.59 Å². The van der Waals surface area contributed by atoms with Crippen LogP contribution in [0, 0.1) is 5.92 Å². The zero-order valence-electron chi connectivity index (χ0n) is 53.2. The first-order chi connectivity index (χ1) is 46.0. The number of aromatic hydroxyl groups is 1. The average Bonchev–Trinajstić information content (AvgIpc) is 1.33. The molecule has 2 aromatic heterocycles. The van der Waals surface area contributed by atoms with E-state index in [0.717, 1.165) is 10.8 Å². The summed E-state index contributed by atoms with van der Waals surface area (Å²) in [5.41, 5.74) is 19.2. The maximum atomic E-state index is 15.2. The monoisotopic (exact) mass is 1320 g/mol. The number of carbonyl (C=O) groups is 11. The second-order valence-corrected chi connectivity index (χ2v) is 24.3. The van der Waals surface area contributed by atoms with E-state index in [2.05, 4.69) is 67.8 Å². The van der Waals surface area contributed by atoms with Crippen LogP contribution in [0.25, 0.3) is 21.7 Å². The highest BCUT2D eigenvalue weighted by atomic mass is 16.3. The van der Waals surface area contributed by atoms with Crippen LogP contribution in [0.1, 0.15) is 81.2 Å². The third-order valence-corrected chi connectivity index (χ3v) is 16.6. The lowest BCUT2D eigenvalue weighted by molar-refractivity contribution is -0.142. The highest BCUT2D eigenvalue weighted by Crippen LogP contribution is 2.24. The zero-order valence-corrected chi connectivity index (χ0v) is 53.2. The van der Waals surface area contributed by atoms with Gasteiger partial charge in [-0.3, -0.25) is 57.7 Å². The van der Waals surface area contributed by atoms with Crippen LogP contribution >= 0.6 is 0 Å². The fourth-order valence-corrected chi connectivity index (χ4v) is 11.7. The van der Waals surface area contributed by atoms with Crippen LogP contribution in [0.2, 0.25) is 0 Å². The number of hydrogen-bond acceptors (Lipinski definition) is 15. The summed E-state index contributed by atoms with van der Waals surface area (Å²) < 4.78 is 0. The van der Waals surface area contributed by atoms with Gasteiger partial charge in [-0.05, 0) is 90.1 Å². The number of aromatic amines is 2. The van der Waals surface area contributed by atoms with Crippen molar-refractivity contribution in [2.45, 2.75) is 139 Å². The van der Waals surface area contributed by atoms with Crippen molar-refractivity contribution in [1.29, 1.82) is 0 Å². The number of likely N-dealkylation sites (tertiary alicyclic amines) is 1. The Labute approximate surface area is 552 Å². The second kappa shape index (κ2) is 33.8. The van der Waals surface area contributed by atoms with Gasteiger partial charge in [-0.2, -0.15) is 0 Å². The Morgan fingerprint density at radius 1 is 0.646 bits per heavy atom. The standard InChI is InChI=1S/C66H83N17O13/c1-36(2)26-48(58(89)76-47(16-8-24-71-66(68)69)65(96)83-25-9-17-54(83)64(95)73-33-55(67)86)77-60(91)50(28-39-12-7-11-38-10-3-4-13-43(38)39)79-59(90)49(27-37-18-20-42(85)21-19-37)78-63(94)53(34-84)82-61(92)51(29-40-31-72-45-15-6-5-14-44(40)45)80-62(93)52(30-41-32-70-35-74-41)81-57(88)46-22-23-56(87)75-46/h3-7,10-15,18-21,31-32,35-36,46-54,72,84-85H,8-9,16-17,22-30,33-34H2,1-2H3,(H2,67,86)(H,70,74)(H,73,95)(H,75,87)(H,76,89)(H,77,91)(H,78,94)(H,79,90)(H,80,93)(H,81,88)(H,82,92)(H4,68,69,71)/t46-,47-,48-,49-,50+,51-,52-,53-,54-/m0/s1. The topological polar surface area (TPSA) is 475 Å². The highest BCUT2D eigenvalue weighted by Gasteiger charge is 2.40. The van der Waals surface area contributed by atoms with E-state index in [1.54, 1.807) is 62.5 Å². The van der Waals surface area contributed by atoms with Crippen molar-refractivity contribution in [2.75, 3.05) is 26.2 Å². The molecule has 4 heterocycles. The molecule has 0 saturated carbocycles. The number of nitrogens with two attached hydrogens (primary N) is 3. The van der Waals surface area contributed by atoms with Crippen LogP contribution in [0.4, 0.5) is 0 Å². The molecule has 6 aromatic rings. The predicted octanol–water partition coefficient (Wildman–Crippen LogP) is -1.62. The molecule has 4 aromatic carbocycles. The van der Waals surface area contributed by atoms with Gasteiger partial charge in [-0.25, -0.2) is 4.98 Å². The number of fused-ring (bicyclic) bond motifs is 2. The number of para-hydroxylation sites is 1. The number of guanidine groups is 1. The van der Waals surface area contributed by atoms with E-state index < -0.39 is 127 Å². The number of primary amides is 1. The third-order valence-electron chi connectivity index (χ3n) is 16.6. The molecule has 0 unspecified atom stereocenters. The molecule has 0 bridgehead atoms. The van der Waals surface area contributed by atoms with Gasteiger partial charge < -0.3 is 90.1 Å². The molecule has 8 rings (SSSR count). The van der Waals surface area contributed by atoms with Crippen molar-refractivity contribution in [1.82, 2.24) is 67.7 Å². The van der Waals surface area contributed by atoms with Crippen LogP contribution in [-0.2, 0) is 78.4 Å². The summed E-state index contributed by atoms with van der Waals surface area (Å²) in [4.78, 5) is 169. The molecular formula is C66H83N17O13. The van der Waals surface area contributed by atoms with Gasteiger partial charge in [0.2, 0.25) is 65.0 Å². The van der Waals surface area contributed by atoms with Crippen molar-refractivity contribution in [2.24, 2.45) is 28.1 Å². The Balaban J connectivity index is 1.06. The number of amides is 11. The molecule has 0 radical (unpaired) electrons. The number of hydrogen-bond donors (Lipinski definition) is 16. The summed E-state index contributed by atoms with van der Waals surface area (Å²) >= 11 is 0. The summed E-state index contributed by atoms with van der Waals surface area (Å²) in [7, 11) is 0. The Morgan fingerprint density at radius 2 is 1.24 bits per heavy atom. The summed E-state index contributed by atoms with van der Waals surface area (Å²) in [5, 5.41) is 47.5. The summed E-state index contributed by atoms with van der Waals surface area (Å²) in [6, 6.07) is 13.3. The van der Waals surface area contributed by atoms with E-state index in [4.69, 9.17) is 17.2 Å². The largest absolute Gasteiger partial charge is 0.508 e. The molecule has 2 aliphatic rings. The molecule has 2 aliphatic heterocycles. The number of nitrogens with one attached hydrogen (secondary N) is 11.